The number of carboxylic acid groups (broad SMARTS) is 1. The summed E-state index contributed by atoms with van der Waals surface area (Å²) in [7, 11) is -4.71. The van der Waals surface area contributed by atoms with Crippen molar-refractivity contribution < 1.29 is 47.5 Å². The van der Waals surface area contributed by atoms with Crippen LogP contribution in [-0.2, 0) is 37.5 Å². The van der Waals surface area contributed by atoms with Gasteiger partial charge in [0.05, 0.1) is 13.2 Å². The lowest BCUT2D eigenvalue weighted by Gasteiger charge is -2.20. The summed E-state index contributed by atoms with van der Waals surface area (Å²) in [6.07, 6.45) is 41.2. The van der Waals surface area contributed by atoms with Crippen LogP contribution in [0, 0.1) is 0 Å². The van der Waals surface area contributed by atoms with Crippen LogP contribution < -0.4 is 5.73 Å². The molecule has 0 aliphatic carbocycles. The molecule has 0 aromatic rings. The molecule has 4 N–H and O–H groups in total. The molecule has 57 heavy (non-hydrogen) atoms. The minimum atomic E-state index is -4.71. The molecular formula is C45H86NO10P. The largest absolute Gasteiger partial charge is 0.480 e. The fraction of sp³-hybridized carbons (Fsp3) is 0.889. The van der Waals surface area contributed by atoms with Crippen molar-refractivity contribution in [3.8, 4) is 0 Å². The molecular weight excluding hydrogens is 745 g/mol. The van der Waals surface area contributed by atoms with Crippen molar-refractivity contribution in [3.63, 3.8) is 0 Å². The van der Waals surface area contributed by atoms with Crippen molar-refractivity contribution >= 4 is 25.7 Å². The number of phosphoric ester groups is 1. The fourth-order valence-electron chi connectivity index (χ4n) is 6.59. The Balaban J connectivity index is 4.30. The molecule has 0 amide bonds. The third-order valence-corrected chi connectivity index (χ3v) is 11.2. The second-order valence-electron chi connectivity index (χ2n) is 15.9. The minimum Gasteiger partial charge on any atom is -0.480 e. The van der Waals surface area contributed by atoms with Crippen LogP contribution in [0.3, 0.4) is 0 Å². The van der Waals surface area contributed by atoms with Crippen molar-refractivity contribution in [2.45, 2.75) is 238 Å². The molecule has 0 aromatic heterocycles. The van der Waals surface area contributed by atoms with Gasteiger partial charge < -0.3 is 25.2 Å². The summed E-state index contributed by atoms with van der Waals surface area (Å²) in [4.78, 5) is 46.0. The van der Waals surface area contributed by atoms with Gasteiger partial charge in [0.2, 0.25) is 0 Å². The Hall–Kier alpha value is -1.78. The normalized spacial score (nSPS) is 13.8. The number of allylic oxidation sites excluding steroid dienone is 2. The standard InChI is InChI=1S/C45H86NO10P/c1-3-5-7-9-11-13-15-17-19-20-21-23-25-27-29-31-33-35-37-44(48)56-41(39-54-57(51,52)55-40-42(46)45(49)50)38-53-43(47)36-34-32-30-28-26-24-22-18-16-14-12-10-8-6-4-2/h19-20,41-42H,3-18,21-40,46H2,1-2H3,(H,49,50)(H,51,52)/b20-19-. The maximum Gasteiger partial charge on any atom is 0.472 e. The van der Waals surface area contributed by atoms with Crippen LogP contribution >= 0.6 is 7.82 Å². The van der Waals surface area contributed by atoms with E-state index in [9.17, 15) is 23.8 Å². The second kappa shape index (κ2) is 41.0. The van der Waals surface area contributed by atoms with E-state index in [-0.39, 0.29) is 19.4 Å². The van der Waals surface area contributed by atoms with Gasteiger partial charge in [-0.05, 0) is 38.5 Å². The molecule has 11 nitrogen and oxygen atoms in total. The average Bonchev–Trinajstić information content (AvgIpc) is 3.19. The van der Waals surface area contributed by atoms with Crippen LogP contribution in [-0.4, -0.2) is 59.9 Å². The van der Waals surface area contributed by atoms with E-state index in [0.717, 1.165) is 44.9 Å². The minimum absolute atomic E-state index is 0.161. The molecule has 0 aromatic carbocycles. The van der Waals surface area contributed by atoms with E-state index >= 15 is 0 Å². The molecule has 0 heterocycles. The second-order valence-corrected chi connectivity index (χ2v) is 17.3. The van der Waals surface area contributed by atoms with Crippen LogP contribution in [0.1, 0.15) is 226 Å². The van der Waals surface area contributed by atoms with Gasteiger partial charge in [-0.15, -0.1) is 0 Å². The molecule has 3 unspecified atom stereocenters. The lowest BCUT2D eigenvalue weighted by Crippen LogP contribution is -2.34. The van der Waals surface area contributed by atoms with E-state index in [2.05, 4.69) is 30.5 Å². The number of nitrogens with two attached hydrogens (primary N) is 1. The highest BCUT2D eigenvalue weighted by atomic mass is 31.2. The first-order valence-electron chi connectivity index (χ1n) is 23.2. The molecule has 0 aliphatic rings. The molecule has 0 saturated heterocycles. The van der Waals surface area contributed by atoms with Crippen molar-refractivity contribution in [2.75, 3.05) is 19.8 Å². The smallest absolute Gasteiger partial charge is 0.472 e. The predicted molar refractivity (Wildman–Crippen MR) is 231 cm³/mol. The molecule has 0 radical (unpaired) electrons. The van der Waals surface area contributed by atoms with E-state index in [4.69, 9.17) is 24.8 Å². The molecule has 0 aliphatic heterocycles. The maximum absolute atomic E-state index is 12.6. The maximum atomic E-state index is 12.6. The number of esters is 2. The molecule has 0 spiro atoms. The number of aliphatic carboxylic acids is 1. The van der Waals surface area contributed by atoms with Gasteiger partial charge in [0, 0.05) is 12.8 Å². The first-order valence-corrected chi connectivity index (χ1v) is 24.7. The summed E-state index contributed by atoms with van der Waals surface area (Å²) in [5.41, 5.74) is 5.34. The number of carbonyl (C=O) groups is 3. The highest BCUT2D eigenvalue weighted by molar-refractivity contribution is 7.47. The van der Waals surface area contributed by atoms with Crippen molar-refractivity contribution in [2.24, 2.45) is 5.73 Å². The number of unbranched alkanes of at least 4 members (excludes halogenated alkanes) is 28. The van der Waals surface area contributed by atoms with Gasteiger partial charge in [0.1, 0.15) is 12.6 Å². The first-order chi connectivity index (χ1) is 27.6. The molecule has 0 saturated carbocycles. The highest BCUT2D eigenvalue weighted by Gasteiger charge is 2.28. The Bertz CT molecular complexity index is 1030. The third kappa shape index (κ3) is 40.8. The molecule has 3 atom stereocenters. The summed E-state index contributed by atoms with van der Waals surface area (Å²) in [6.45, 7) is 2.83. The van der Waals surface area contributed by atoms with Gasteiger partial charge in [0.25, 0.3) is 0 Å². The zero-order chi connectivity index (χ0) is 42.1. The zero-order valence-corrected chi connectivity index (χ0v) is 37.3. The summed E-state index contributed by atoms with van der Waals surface area (Å²) in [5.74, 6) is -2.37. The number of carboxylic acids is 1. The molecule has 336 valence electrons. The first kappa shape index (κ1) is 55.2. The topological polar surface area (TPSA) is 172 Å². The van der Waals surface area contributed by atoms with E-state index in [1.54, 1.807) is 0 Å². The SMILES string of the molecule is CCCCCCCCC/C=C\CCCCCCCCCC(=O)OC(COC(=O)CCCCCCCCCCCCCCCCC)COP(=O)(O)OCC(N)C(=O)O. The highest BCUT2D eigenvalue weighted by Crippen LogP contribution is 2.43. The quantitative estimate of drug-likeness (QED) is 0.0231. The number of hydrogen-bond donors (Lipinski definition) is 3. The predicted octanol–water partition coefficient (Wildman–Crippen LogP) is 12.5. The number of ether oxygens (including phenoxy) is 2. The molecule has 0 bridgehead atoms. The Labute approximate surface area is 348 Å². The fourth-order valence-corrected chi connectivity index (χ4v) is 7.37. The summed E-state index contributed by atoms with van der Waals surface area (Å²) in [6, 6.07) is -1.52. The Morgan fingerprint density at radius 2 is 0.877 bits per heavy atom. The lowest BCUT2D eigenvalue weighted by atomic mass is 10.0. The van der Waals surface area contributed by atoms with Gasteiger partial charge in [-0.2, -0.15) is 0 Å². The van der Waals surface area contributed by atoms with Crippen molar-refractivity contribution in [3.05, 3.63) is 12.2 Å². The van der Waals surface area contributed by atoms with Gasteiger partial charge in [-0.1, -0.05) is 187 Å². The third-order valence-electron chi connectivity index (χ3n) is 10.3. The van der Waals surface area contributed by atoms with E-state index in [1.807, 2.05) is 0 Å². The Morgan fingerprint density at radius 3 is 1.28 bits per heavy atom. The van der Waals surface area contributed by atoms with Gasteiger partial charge in [0.15, 0.2) is 6.10 Å². The molecule has 12 heteroatoms. The van der Waals surface area contributed by atoms with Crippen molar-refractivity contribution in [1.29, 1.82) is 0 Å². The number of carbonyl (C=O) groups excluding carboxylic acids is 2. The number of phosphoric acid groups is 1. The van der Waals surface area contributed by atoms with Crippen LogP contribution in [0.2, 0.25) is 0 Å². The molecule has 0 fully saturated rings. The van der Waals surface area contributed by atoms with Crippen LogP contribution in [0.25, 0.3) is 0 Å². The van der Waals surface area contributed by atoms with Gasteiger partial charge in [-0.25, -0.2) is 4.57 Å². The van der Waals surface area contributed by atoms with E-state index < -0.39 is 51.1 Å². The van der Waals surface area contributed by atoms with Crippen LogP contribution in [0.15, 0.2) is 12.2 Å². The van der Waals surface area contributed by atoms with Crippen LogP contribution in [0.4, 0.5) is 0 Å². The van der Waals surface area contributed by atoms with Crippen molar-refractivity contribution in [1.82, 2.24) is 0 Å². The number of rotatable bonds is 44. The zero-order valence-electron chi connectivity index (χ0n) is 36.5. The summed E-state index contributed by atoms with van der Waals surface area (Å²) in [5, 5.41) is 8.90. The van der Waals surface area contributed by atoms with Gasteiger partial charge in [-0.3, -0.25) is 23.4 Å². The number of hydrogen-bond acceptors (Lipinski definition) is 9. The average molecular weight is 832 g/mol. The Kier molecular flexibility index (Phi) is 39.7. The van der Waals surface area contributed by atoms with E-state index in [0.29, 0.717) is 12.8 Å². The monoisotopic (exact) mass is 832 g/mol. The summed E-state index contributed by atoms with van der Waals surface area (Å²) < 4.78 is 32.7. The summed E-state index contributed by atoms with van der Waals surface area (Å²) >= 11 is 0. The lowest BCUT2D eigenvalue weighted by molar-refractivity contribution is -0.161. The van der Waals surface area contributed by atoms with Crippen LogP contribution in [0.5, 0.6) is 0 Å². The van der Waals surface area contributed by atoms with E-state index in [1.165, 1.54) is 141 Å². The van der Waals surface area contributed by atoms with Gasteiger partial charge >= 0.3 is 25.7 Å². The molecule has 0 rings (SSSR count). The Morgan fingerprint density at radius 1 is 0.526 bits per heavy atom.